The molecule has 1 aromatic rings. The Hall–Kier alpha value is -0.790. The average Bonchev–Trinajstić information content (AvgIpc) is 3.47. The van der Waals surface area contributed by atoms with Gasteiger partial charge in [-0.3, -0.25) is 0 Å². The van der Waals surface area contributed by atoms with Crippen LogP contribution in [0.2, 0.25) is 0 Å². The van der Waals surface area contributed by atoms with Crippen molar-refractivity contribution in [2.75, 3.05) is 0 Å². The second-order valence-electron chi connectivity index (χ2n) is 13.6. The summed E-state index contributed by atoms with van der Waals surface area (Å²) < 4.78 is 2.57. The number of hydrogen-bond acceptors (Lipinski definition) is 1. The number of rotatable bonds is 32. The Kier molecular flexibility index (Phi) is 27.3. The Labute approximate surface area is 259 Å². The lowest BCUT2D eigenvalue weighted by Gasteiger charge is -2.22. The van der Waals surface area contributed by atoms with E-state index < -0.39 is 0 Å². The first-order chi connectivity index (χ1) is 20.2. The lowest BCUT2D eigenvalue weighted by atomic mass is 9.92. The lowest BCUT2D eigenvalue weighted by Crippen LogP contribution is -2.13. The van der Waals surface area contributed by atoms with Gasteiger partial charge in [0, 0.05) is 24.4 Å². The molecule has 2 heteroatoms. The molecule has 1 heterocycles. The number of aromatic nitrogens is 2. The van der Waals surface area contributed by atoms with Gasteiger partial charge in [-0.25, -0.2) is 4.98 Å². The highest BCUT2D eigenvalue weighted by atomic mass is 15.1. The van der Waals surface area contributed by atoms with Gasteiger partial charge in [-0.15, -0.1) is 0 Å². The Morgan fingerprint density at radius 3 is 1.15 bits per heavy atom. The van der Waals surface area contributed by atoms with Gasteiger partial charge < -0.3 is 4.57 Å². The van der Waals surface area contributed by atoms with Crippen molar-refractivity contribution in [2.24, 2.45) is 0 Å². The van der Waals surface area contributed by atoms with Crippen LogP contribution in [-0.4, -0.2) is 9.55 Å². The third-order valence-corrected chi connectivity index (χ3v) is 9.58. The van der Waals surface area contributed by atoms with Crippen LogP contribution in [0.1, 0.15) is 238 Å². The number of unbranched alkanes of at least 4 members (excludes halogenated alkanes) is 24. The molecule has 0 bridgehead atoms. The van der Waals surface area contributed by atoms with Gasteiger partial charge in [0.2, 0.25) is 0 Å². The maximum absolute atomic E-state index is 5.00. The van der Waals surface area contributed by atoms with Gasteiger partial charge in [-0.2, -0.15) is 0 Å². The Morgan fingerprint density at radius 2 is 0.780 bits per heavy atom. The molecule has 0 spiro atoms. The molecular formula is C39H76N2. The molecule has 0 aliphatic heterocycles. The van der Waals surface area contributed by atoms with Crippen molar-refractivity contribution in [2.45, 2.75) is 232 Å². The Morgan fingerprint density at radius 1 is 0.463 bits per heavy atom. The zero-order chi connectivity index (χ0) is 29.6. The van der Waals surface area contributed by atoms with E-state index in [0.29, 0.717) is 12.0 Å². The molecule has 0 fully saturated rings. The average molecular weight is 573 g/mol. The molecule has 41 heavy (non-hydrogen) atoms. The summed E-state index contributed by atoms with van der Waals surface area (Å²) in [5.41, 5.74) is 0. The van der Waals surface area contributed by atoms with E-state index in [4.69, 9.17) is 4.98 Å². The standard InChI is InChI=1S/C39H76N2/c1-5-8-11-14-16-18-19-20-21-23-25-28-31-34-38(33-30-27-24-22-17-15-12-9-6-2)39-40-35-36-41(39)37(4)32-29-26-13-10-7-3/h35-38H,5-34H2,1-4H3. The summed E-state index contributed by atoms with van der Waals surface area (Å²) >= 11 is 0. The van der Waals surface area contributed by atoms with Crippen molar-refractivity contribution in [3.8, 4) is 0 Å². The minimum atomic E-state index is 0.589. The van der Waals surface area contributed by atoms with Crippen LogP contribution in [0.4, 0.5) is 0 Å². The normalized spacial score (nSPS) is 13.2. The molecule has 0 aliphatic rings. The first-order valence-corrected chi connectivity index (χ1v) is 19.3. The van der Waals surface area contributed by atoms with Crippen LogP contribution in [0, 0.1) is 0 Å². The summed E-state index contributed by atoms with van der Waals surface area (Å²) in [5, 5.41) is 0. The molecule has 2 nitrogen and oxygen atoms in total. The molecule has 2 unspecified atom stereocenters. The highest BCUT2D eigenvalue weighted by molar-refractivity contribution is 5.02. The van der Waals surface area contributed by atoms with Gasteiger partial charge in [-0.05, 0) is 26.2 Å². The van der Waals surface area contributed by atoms with Gasteiger partial charge in [0.1, 0.15) is 5.82 Å². The zero-order valence-electron chi connectivity index (χ0n) is 28.9. The third-order valence-electron chi connectivity index (χ3n) is 9.58. The molecule has 2 atom stereocenters. The monoisotopic (exact) mass is 573 g/mol. The van der Waals surface area contributed by atoms with Crippen molar-refractivity contribution in [1.29, 1.82) is 0 Å². The number of hydrogen-bond donors (Lipinski definition) is 0. The molecular weight excluding hydrogens is 496 g/mol. The van der Waals surface area contributed by atoms with Gasteiger partial charge in [0.05, 0.1) is 0 Å². The molecule has 1 rings (SSSR count). The van der Waals surface area contributed by atoms with Crippen LogP contribution in [0.5, 0.6) is 0 Å². The van der Waals surface area contributed by atoms with Gasteiger partial charge in [0.15, 0.2) is 0 Å². The van der Waals surface area contributed by atoms with Gasteiger partial charge in [0.25, 0.3) is 0 Å². The van der Waals surface area contributed by atoms with Gasteiger partial charge in [-0.1, -0.05) is 194 Å². The fraction of sp³-hybridized carbons (Fsp3) is 0.923. The molecule has 0 N–H and O–H groups in total. The fourth-order valence-electron chi connectivity index (χ4n) is 6.71. The number of nitrogens with zero attached hydrogens (tertiary/aromatic N) is 2. The lowest BCUT2D eigenvalue weighted by molar-refractivity contribution is 0.412. The number of imidazole rings is 1. The van der Waals surface area contributed by atoms with E-state index in [9.17, 15) is 0 Å². The summed E-state index contributed by atoms with van der Waals surface area (Å²) in [6, 6.07) is 0.589. The summed E-state index contributed by atoms with van der Waals surface area (Å²) in [6.45, 7) is 9.37. The van der Waals surface area contributed by atoms with E-state index in [-0.39, 0.29) is 0 Å². The first-order valence-electron chi connectivity index (χ1n) is 19.3. The fourth-order valence-corrected chi connectivity index (χ4v) is 6.71. The molecule has 0 saturated carbocycles. The molecule has 0 aromatic carbocycles. The predicted molar refractivity (Wildman–Crippen MR) is 185 cm³/mol. The minimum absolute atomic E-state index is 0.589. The molecule has 0 saturated heterocycles. The summed E-state index contributed by atoms with van der Waals surface area (Å²) in [4.78, 5) is 5.00. The maximum Gasteiger partial charge on any atom is 0.111 e. The summed E-state index contributed by atoms with van der Waals surface area (Å²) in [6.07, 6.45) is 46.7. The van der Waals surface area contributed by atoms with Crippen LogP contribution in [0.15, 0.2) is 12.4 Å². The van der Waals surface area contributed by atoms with Crippen molar-refractivity contribution in [1.82, 2.24) is 9.55 Å². The van der Waals surface area contributed by atoms with Crippen LogP contribution >= 0.6 is 0 Å². The maximum atomic E-state index is 5.00. The van der Waals surface area contributed by atoms with E-state index in [0.717, 1.165) is 0 Å². The van der Waals surface area contributed by atoms with Crippen LogP contribution < -0.4 is 0 Å². The van der Waals surface area contributed by atoms with Crippen molar-refractivity contribution < 1.29 is 0 Å². The van der Waals surface area contributed by atoms with Crippen LogP contribution in [0.3, 0.4) is 0 Å². The molecule has 1 aromatic heterocycles. The zero-order valence-corrected chi connectivity index (χ0v) is 28.9. The molecule has 242 valence electrons. The first kappa shape index (κ1) is 38.2. The van der Waals surface area contributed by atoms with Crippen molar-refractivity contribution in [3.05, 3.63) is 18.2 Å². The predicted octanol–water partition coefficient (Wildman–Crippen LogP) is 14.3. The SMILES string of the molecule is CCCCCCCCCCCCCCCC(CCCCCCCCCCC)c1nccn1C(C)CCCCCCC. The minimum Gasteiger partial charge on any atom is -0.332 e. The van der Waals surface area contributed by atoms with E-state index in [1.54, 1.807) is 0 Å². The topological polar surface area (TPSA) is 17.8 Å². The molecule has 0 amide bonds. The summed E-state index contributed by atoms with van der Waals surface area (Å²) in [7, 11) is 0. The van der Waals surface area contributed by atoms with Crippen molar-refractivity contribution >= 4 is 0 Å². The Balaban J connectivity index is 2.39. The van der Waals surface area contributed by atoms with E-state index in [1.165, 1.54) is 198 Å². The van der Waals surface area contributed by atoms with Crippen LogP contribution in [0.25, 0.3) is 0 Å². The van der Waals surface area contributed by atoms with E-state index in [2.05, 4.69) is 44.7 Å². The van der Waals surface area contributed by atoms with Crippen LogP contribution in [-0.2, 0) is 0 Å². The molecule has 0 aliphatic carbocycles. The van der Waals surface area contributed by atoms with Gasteiger partial charge >= 0.3 is 0 Å². The van der Waals surface area contributed by atoms with Crippen molar-refractivity contribution in [3.63, 3.8) is 0 Å². The quantitative estimate of drug-likeness (QED) is 0.0785. The molecule has 0 radical (unpaired) electrons. The highest BCUT2D eigenvalue weighted by Crippen LogP contribution is 2.31. The highest BCUT2D eigenvalue weighted by Gasteiger charge is 2.19. The smallest absolute Gasteiger partial charge is 0.111 e. The third kappa shape index (κ3) is 21.5. The largest absolute Gasteiger partial charge is 0.332 e. The van der Waals surface area contributed by atoms with E-state index >= 15 is 0 Å². The second kappa shape index (κ2) is 29.3. The second-order valence-corrected chi connectivity index (χ2v) is 13.6. The van der Waals surface area contributed by atoms with E-state index in [1.807, 2.05) is 0 Å². The Bertz CT molecular complexity index is 635. The summed E-state index contributed by atoms with van der Waals surface area (Å²) in [5.74, 6) is 2.06.